The van der Waals surface area contributed by atoms with Crippen molar-refractivity contribution >= 4 is 11.4 Å². The monoisotopic (exact) mass is 220 g/mol. The van der Waals surface area contributed by atoms with Crippen molar-refractivity contribution in [2.75, 3.05) is 17.7 Å². The largest absolute Gasteiger partial charge is 0.399 e. The molecule has 3 N–H and O–H groups in total. The van der Waals surface area contributed by atoms with E-state index in [0.29, 0.717) is 12.1 Å². The zero-order valence-corrected chi connectivity index (χ0v) is 9.99. The van der Waals surface area contributed by atoms with Gasteiger partial charge in [0.2, 0.25) is 0 Å². The average Bonchev–Trinajstić information content (AvgIpc) is 2.76. The fourth-order valence-corrected chi connectivity index (χ4v) is 2.13. The summed E-state index contributed by atoms with van der Waals surface area (Å²) >= 11 is 0. The Hall–Kier alpha value is -1.22. The molecule has 2 atom stereocenters. The van der Waals surface area contributed by atoms with Crippen LogP contribution in [0.4, 0.5) is 11.4 Å². The molecule has 2 unspecified atom stereocenters. The van der Waals surface area contributed by atoms with Gasteiger partial charge in [0.15, 0.2) is 0 Å². The lowest BCUT2D eigenvalue weighted by molar-refractivity contribution is 0.0996. The second-order valence-corrected chi connectivity index (χ2v) is 4.56. The Balaban J connectivity index is 2.04. The smallest absolute Gasteiger partial charge is 0.0774 e. The number of benzene rings is 1. The summed E-state index contributed by atoms with van der Waals surface area (Å²) in [5.74, 6) is 0. The molecule has 1 heterocycles. The average molecular weight is 220 g/mol. The van der Waals surface area contributed by atoms with Gasteiger partial charge in [-0.15, -0.1) is 0 Å². The highest BCUT2D eigenvalue weighted by Crippen LogP contribution is 2.23. The van der Waals surface area contributed by atoms with Gasteiger partial charge in [-0.05, 0) is 44.4 Å². The van der Waals surface area contributed by atoms with Crippen LogP contribution in [0.1, 0.15) is 25.3 Å². The fraction of sp³-hybridized carbons (Fsp3) is 0.538. The molecule has 2 rings (SSSR count). The molecule has 0 aromatic heterocycles. The van der Waals surface area contributed by atoms with Crippen LogP contribution in [0.2, 0.25) is 0 Å². The standard InChI is InChI=1S/C13H20N2O/c1-9-5-6-11(14)8-12(9)15-10(2)13-4-3-7-16-13/h5-6,8,10,13,15H,3-4,7,14H2,1-2H3. The van der Waals surface area contributed by atoms with Crippen LogP contribution < -0.4 is 11.1 Å². The minimum absolute atomic E-state index is 0.334. The molecule has 0 bridgehead atoms. The molecule has 1 aliphatic heterocycles. The summed E-state index contributed by atoms with van der Waals surface area (Å²) in [5.41, 5.74) is 8.92. The Morgan fingerprint density at radius 1 is 1.50 bits per heavy atom. The molecule has 3 nitrogen and oxygen atoms in total. The predicted octanol–water partition coefficient (Wildman–Crippen LogP) is 2.56. The number of anilines is 2. The normalized spacial score (nSPS) is 22.0. The second kappa shape index (κ2) is 4.74. The molecular formula is C13H20N2O. The van der Waals surface area contributed by atoms with Crippen LogP contribution in [0.5, 0.6) is 0 Å². The molecule has 88 valence electrons. The molecule has 1 aromatic rings. The van der Waals surface area contributed by atoms with Crippen molar-refractivity contribution < 1.29 is 4.74 Å². The van der Waals surface area contributed by atoms with E-state index in [1.165, 1.54) is 12.0 Å². The maximum Gasteiger partial charge on any atom is 0.0774 e. The van der Waals surface area contributed by atoms with Crippen LogP contribution in [0.15, 0.2) is 18.2 Å². The highest BCUT2D eigenvalue weighted by Gasteiger charge is 2.22. The second-order valence-electron chi connectivity index (χ2n) is 4.56. The summed E-state index contributed by atoms with van der Waals surface area (Å²) in [5, 5.41) is 3.49. The Labute approximate surface area is 97.0 Å². The van der Waals surface area contributed by atoms with Crippen molar-refractivity contribution in [2.24, 2.45) is 0 Å². The van der Waals surface area contributed by atoms with Gasteiger partial charge in [0.25, 0.3) is 0 Å². The van der Waals surface area contributed by atoms with E-state index in [4.69, 9.17) is 10.5 Å². The van der Waals surface area contributed by atoms with Gasteiger partial charge >= 0.3 is 0 Å². The van der Waals surface area contributed by atoms with E-state index in [9.17, 15) is 0 Å². The van der Waals surface area contributed by atoms with Gasteiger partial charge in [-0.25, -0.2) is 0 Å². The predicted molar refractivity (Wildman–Crippen MR) is 67.7 cm³/mol. The van der Waals surface area contributed by atoms with E-state index in [1.807, 2.05) is 18.2 Å². The molecule has 0 aliphatic carbocycles. The molecule has 0 spiro atoms. The lowest BCUT2D eigenvalue weighted by Gasteiger charge is -2.22. The van der Waals surface area contributed by atoms with E-state index < -0.39 is 0 Å². The van der Waals surface area contributed by atoms with Crippen molar-refractivity contribution in [3.63, 3.8) is 0 Å². The molecule has 1 saturated heterocycles. The van der Waals surface area contributed by atoms with Gasteiger partial charge in [-0.1, -0.05) is 6.07 Å². The summed E-state index contributed by atoms with van der Waals surface area (Å²) < 4.78 is 5.66. The number of rotatable bonds is 3. The highest BCUT2D eigenvalue weighted by molar-refractivity contribution is 5.59. The Bertz CT molecular complexity index is 359. The molecule has 0 saturated carbocycles. The maximum absolute atomic E-state index is 5.79. The number of aryl methyl sites for hydroxylation is 1. The Kier molecular flexibility index (Phi) is 3.34. The van der Waals surface area contributed by atoms with Crippen molar-refractivity contribution in [2.45, 2.75) is 38.8 Å². The van der Waals surface area contributed by atoms with E-state index in [0.717, 1.165) is 24.4 Å². The van der Waals surface area contributed by atoms with Gasteiger partial charge in [0.05, 0.1) is 6.10 Å². The fourth-order valence-electron chi connectivity index (χ4n) is 2.13. The Morgan fingerprint density at radius 3 is 3.00 bits per heavy atom. The third kappa shape index (κ3) is 2.47. The van der Waals surface area contributed by atoms with Gasteiger partial charge in [0.1, 0.15) is 0 Å². The van der Waals surface area contributed by atoms with E-state index in [1.54, 1.807) is 0 Å². The van der Waals surface area contributed by atoms with Gasteiger partial charge in [0, 0.05) is 24.0 Å². The van der Waals surface area contributed by atoms with Crippen LogP contribution in [0.25, 0.3) is 0 Å². The highest BCUT2D eigenvalue weighted by atomic mass is 16.5. The molecule has 1 aliphatic rings. The molecule has 3 heteroatoms. The number of hydrogen-bond donors (Lipinski definition) is 2. The molecule has 1 aromatic carbocycles. The zero-order chi connectivity index (χ0) is 11.5. The first kappa shape index (κ1) is 11.3. The topological polar surface area (TPSA) is 47.3 Å². The summed E-state index contributed by atoms with van der Waals surface area (Å²) in [6, 6.07) is 6.29. The van der Waals surface area contributed by atoms with Crippen LogP contribution in [0.3, 0.4) is 0 Å². The van der Waals surface area contributed by atoms with E-state index in [2.05, 4.69) is 19.2 Å². The molecule has 0 radical (unpaired) electrons. The lowest BCUT2D eigenvalue weighted by Crippen LogP contribution is -2.30. The van der Waals surface area contributed by atoms with Gasteiger partial charge < -0.3 is 15.8 Å². The quantitative estimate of drug-likeness (QED) is 0.770. The Morgan fingerprint density at radius 2 is 2.31 bits per heavy atom. The SMILES string of the molecule is Cc1ccc(N)cc1NC(C)C1CCCO1. The number of nitrogens with one attached hydrogen (secondary N) is 1. The first-order valence-electron chi connectivity index (χ1n) is 5.91. The third-order valence-electron chi connectivity index (χ3n) is 3.17. The number of ether oxygens (including phenoxy) is 1. The van der Waals surface area contributed by atoms with Crippen molar-refractivity contribution in [3.05, 3.63) is 23.8 Å². The third-order valence-corrected chi connectivity index (χ3v) is 3.17. The van der Waals surface area contributed by atoms with E-state index >= 15 is 0 Å². The number of hydrogen-bond acceptors (Lipinski definition) is 3. The van der Waals surface area contributed by atoms with Crippen molar-refractivity contribution in [1.82, 2.24) is 0 Å². The van der Waals surface area contributed by atoms with Gasteiger partial charge in [-0.3, -0.25) is 0 Å². The van der Waals surface area contributed by atoms with Crippen molar-refractivity contribution in [3.8, 4) is 0 Å². The summed E-state index contributed by atoms with van der Waals surface area (Å²) in [7, 11) is 0. The summed E-state index contributed by atoms with van der Waals surface area (Å²) in [6.45, 7) is 5.15. The van der Waals surface area contributed by atoms with E-state index in [-0.39, 0.29) is 0 Å². The lowest BCUT2D eigenvalue weighted by atomic mass is 10.1. The number of nitrogens with two attached hydrogens (primary N) is 1. The summed E-state index contributed by atoms with van der Waals surface area (Å²) in [4.78, 5) is 0. The first-order chi connectivity index (χ1) is 7.66. The summed E-state index contributed by atoms with van der Waals surface area (Å²) in [6.07, 6.45) is 2.66. The van der Waals surface area contributed by atoms with Crippen LogP contribution in [-0.2, 0) is 4.74 Å². The van der Waals surface area contributed by atoms with Crippen LogP contribution >= 0.6 is 0 Å². The molecule has 0 amide bonds. The van der Waals surface area contributed by atoms with Crippen LogP contribution in [-0.4, -0.2) is 18.8 Å². The zero-order valence-electron chi connectivity index (χ0n) is 9.99. The minimum atomic E-state index is 0.334. The minimum Gasteiger partial charge on any atom is -0.399 e. The van der Waals surface area contributed by atoms with Gasteiger partial charge in [-0.2, -0.15) is 0 Å². The molecule has 1 fully saturated rings. The van der Waals surface area contributed by atoms with Crippen LogP contribution in [0, 0.1) is 6.92 Å². The van der Waals surface area contributed by atoms with Crippen molar-refractivity contribution in [1.29, 1.82) is 0 Å². The molecular weight excluding hydrogens is 200 g/mol. The first-order valence-corrected chi connectivity index (χ1v) is 5.91. The number of nitrogen functional groups attached to an aromatic ring is 1. The maximum atomic E-state index is 5.79. The molecule has 16 heavy (non-hydrogen) atoms.